The minimum atomic E-state index is -0.586. The Morgan fingerprint density at radius 1 is 0.932 bits per heavy atom. The lowest BCUT2D eigenvalue weighted by atomic mass is 9.93. The first-order valence-electron chi connectivity index (χ1n) is 13.9. The molecule has 0 saturated heterocycles. The van der Waals surface area contributed by atoms with Crippen LogP contribution in [0.3, 0.4) is 0 Å². The molecule has 44 heavy (non-hydrogen) atoms. The zero-order valence-corrected chi connectivity index (χ0v) is 24.0. The number of carbonyl (C=O) groups is 3. The van der Waals surface area contributed by atoms with Gasteiger partial charge in [0.15, 0.2) is 0 Å². The van der Waals surface area contributed by atoms with Crippen molar-refractivity contribution in [2.45, 2.75) is 13.5 Å². The Morgan fingerprint density at radius 3 is 2.43 bits per heavy atom. The molecule has 0 bridgehead atoms. The molecule has 4 aromatic carbocycles. The summed E-state index contributed by atoms with van der Waals surface area (Å²) in [6.07, 6.45) is 3.41. The van der Waals surface area contributed by atoms with Gasteiger partial charge < -0.3 is 20.9 Å². The van der Waals surface area contributed by atoms with Gasteiger partial charge in [0.1, 0.15) is 5.82 Å². The van der Waals surface area contributed by atoms with Crippen molar-refractivity contribution in [2.24, 2.45) is 5.73 Å². The van der Waals surface area contributed by atoms with Crippen LogP contribution in [0.2, 0.25) is 0 Å². The summed E-state index contributed by atoms with van der Waals surface area (Å²) in [4.78, 5) is 47.7. The fourth-order valence-corrected chi connectivity index (χ4v) is 5.49. The second-order valence-corrected chi connectivity index (χ2v) is 10.6. The molecule has 0 atom stereocenters. The van der Waals surface area contributed by atoms with Gasteiger partial charge in [0.25, 0.3) is 17.7 Å². The topological polar surface area (TPSA) is 121 Å². The van der Waals surface area contributed by atoms with Gasteiger partial charge in [-0.3, -0.25) is 19.4 Å². The minimum Gasteiger partial charge on any atom is -0.366 e. The normalized spacial score (nSPS) is 11.1. The molecule has 0 aliphatic rings. The molecule has 6 aromatic rings. The number of primary amides is 1. The Hall–Kier alpha value is -5.83. The molecule has 0 fully saturated rings. The fourth-order valence-electron chi connectivity index (χ4n) is 5.49. The van der Waals surface area contributed by atoms with Crippen molar-refractivity contribution in [1.82, 2.24) is 14.9 Å². The van der Waals surface area contributed by atoms with Crippen LogP contribution in [0.4, 0.5) is 10.1 Å². The largest absolute Gasteiger partial charge is 0.366 e. The SMILES string of the molecule is Cc1c(NC(=O)c2ccc(F)cc2)cccc1-c1ccc(C(N)=O)c2[nH]c3cc(C(=O)N(C)Cc4cccnc4)ccc3c12. The number of nitrogens with one attached hydrogen (secondary N) is 2. The van der Waals surface area contributed by atoms with Crippen LogP contribution in [0.1, 0.15) is 42.2 Å². The van der Waals surface area contributed by atoms with Crippen LogP contribution in [0.15, 0.2) is 97.3 Å². The molecule has 8 nitrogen and oxygen atoms in total. The standard InChI is InChI=1S/C35H28FN5O3/c1-20-25(6-3-7-29(20)40-34(43)22-8-11-24(36)12-9-22)26-14-15-28(33(37)42)32-31(26)27-13-10-23(17-30(27)39-32)35(44)41(2)19-21-5-4-16-38-18-21/h3-18,39H,19H2,1-2H3,(H2,37,42)(H,40,43). The number of hydrogen-bond donors (Lipinski definition) is 3. The van der Waals surface area contributed by atoms with Crippen molar-refractivity contribution < 1.29 is 18.8 Å². The van der Waals surface area contributed by atoms with E-state index in [1.54, 1.807) is 48.6 Å². The first kappa shape index (κ1) is 28.3. The molecule has 0 saturated carbocycles. The number of nitrogens with zero attached hydrogens (tertiary/aromatic N) is 2. The zero-order chi connectivity index (χ0) is 31.0. The average Bonchev–Trinajstić information content (AvgIpc) is 3.41. The number of halogens is 1. The third-order valence-corrected chi connectivity index (χ3v) is 7.73. The summed E-state index contributed by atoms with van der Waals surface area (Å²) >= 11 is 0. The monoisotopic (exact) mass is 585 g/mol. The molecule has 2 heterocycles. The first-order chi connectivity index (χ1) is 21.2. The zero-order valence-electron chi connectivity index (χ0n) is 24.0. The predicted molar refractivity (Wildman–Crippen MR) is 169 cm³/mol. The molecular formula is C35H28FN5O3. The van der Waals surface area contributed by atoms with Gasteiger partial charge >= 0.3 is 0 Å². The van der Waals surface area contributed by atoms with Gasteiger partial charge in [0, 0.05) is 59.1 Å². The summed E-state index contributed by atoms with van der Waals surface area (Å²) in [6, 6.07) is 23.6. The number of aromatic amines is 1. The Labute approximate surface area is 252 Å². The number of benzene rings is 4. The van der Waals surface area contributed by atoms with E-state index < -0.39 is 11.7 Å². The second-order valence-electron chi connectivity index (χ2n) is 10.6. The molecule has 0 aliphatic carbocycles. The minimum absolute atomic E-state index is 0.162. The van der Waals surface area contributed by atoms with Crippen molar-refractivity contribution in [1.29, 1.82) is 0 Å². The lowest BCUT2D eigenvalue weighted by Gasteiger charge is -2.17. The predicted octanol–water partition coefficient (Wildman–Crippen LogP) is 6.45. The Bertz CT molecular complexity index is 2070. The number of rotatable bonds is 7. The lowest BCUT2D eigenvalue weighted by Crippen LogP contribution is -2.26. The molecule has 6 rings (SSSR count). The molecule has 0 radical (unpaired) electrons. The summed E-state index contributed by atoms with van der Waals surface area (Å²) in [6.45, 7) is 2.30. The van der Waals surface area contributed by atoms with Gasteiger partial charge in [-0.15, -0.1) is 0 Å². The highest BCUT2D eigenvalue weighted by Crippen LogP contribution is 2.39. The van der Waals surface area contributed by atoms with E-state index in [-0.39, 0.29) is 11.8 Å². The molecule has 9 heteroatoms. The number of carbonyl (C=O) groups excluding carboxylic acids is 3. The first-order valence-corrected chi connectivity index (χ1v) is 13.9. The van der Waals surface area contributed by atoms with E-state index in [1.807, 2.05) is 43.3 Å². The highest BCUT2D eigenvalue weighted by molar-refractivity contribution is 6.20. The molecular weight excluding hydrogens is 557 g/mol. The average molecular weight is 586 g/mol. The number of H-pyrrole nitrogens is 1. The number of hydrogen-bond acceptors (Lipinski definition) is 4. The maximum Gasteiger partial charge on any atom is 0.255 e. The molecule has 218 valence electrons. The number of anilines is 1. The number of aromatic nitrogens is 2. The van der Waals surface area contributed by atoms with Gasteiger partial charge in [0.05, 0.1) is 11.1 Å². The number of pyridine rings is 1. The van der Waals surface area contributed by atoms with Gasteiger partial charge in [-0.25, -0.2) is 4.39 Å². The van der Waals surface area contributed by atoms with Gasteiger partial charge in [-0.1, -0.05) is 30.3 Å². The molecule has 2 aromatic heterocycles. The maximum atomic E-state index is 13.4. The highest BCUT2D eigenvalue weighted by Gasteiger charge is 2.20. The Balaban J connectivity index is 1.41. The smallest absolute Gasteiger partial charge is 0.255 e. The molecule has 0 aliphatic heterocycles. The Morgan fingerprint density at radius 2 is 1.70 bits per heavy atom. The van der Waals surface area contributed by atoms with Crippen LogP contribution in [0, 0.1) is 12.7 Å². The number of fused-ring (bicyclic) bond motifs is 3. The van der Waals surface area contributed by atoms with Gasteiger partial charge in [0.2, 0.25) is 0 Å². The third kappa shape index (κ3) is 5.27. The van der Waals surface area contributed by atoms with E-state index in [1.165, 1.54) is 24.3 Å². The van der Waals surface area contributed by atoms with E-state index in [4.69, 9.17) is 5.73 Å². The van der Waals surface area contributed by atoms with Gasteiger partial charge in [-0.05, 0) is 83.8 Å². The molecule has 4 N–H and O–H groups in total. The van der Waals surface area contributed by atoms with E-state index in [0.29, 0.717) is 40.0 Å². The maximum absolute atomic E-state index is 13.4. The fraction of sp³-hybridized carbons (Fsp3) is 0.0857. The van der Waals surface area contributed by atoms with Crippen molar-refractivity contribution in [3.05, 3.63) is 131 Å². The van der Waals surface area contributed by atoms with Crippen LogP contribution < -0.4 is 11.1 Å². The van der Waals surface area contributed by atoms with Crippen molar-refractivity contribution in [3.8, 4) is 11.1 Å². The second kappa shape index (κ2) is 11.4. The van der Waals surface area contributed by atoms with E-state index in [2.05, 4.69) is 15.3 Å². The van der Waals surface area contributed by atoms with Crippen LogP contribution in [0.5, 0.6) is 0 Å². The van der Waals surface area contributed by atoms with E-state index in [0.717, 1.165) is 33.0 Å². The van der Waals surface area contributed by atoms with E-state index in [9.17, 15) is 18.8 Å². The van der Waals surface area contributed by atoms with Crippen LogP contribution in [0.25, 0.3) is 32.9 Å². The molecule has 3 amide bonds. The van der Waals surface area contributed by atoms with Crippen LogP contribution in [-0.2, 0) is 6.54 Å². The third-order valence-electron chi connectivity index (χ3n) is 7.73. The summed E-state index contributed by atoms with van der Waals surface area (Å²) < 4.78 is 13.4. The van der Waals surface area contributed by atoms with Gasteiger partial charge in [-0.2, -0.15) is 0 Å². The van der Waals surface area contributed by atoms with Crippen molar-refractivity contribution in [2.75, 3.05) is 12.4 Å². The van der Waals surface area contributed by atoms with Crippen LogP contribution >= 0.6 is 0 Å². The lowest BCUT2D eigenvalue weighted by molar-refractivity contribution is 0.0784. The quantitative estimate of drug-likeness (QED) is 0.199. The highest BCUT2D eigenvalue weighted by atomic mass is 19.1. The van der Waals surface area contributed by atoms with Crippen molar-refractivity contribution in [3.63, 3.8) is 0 Å². The summed E-state index contributed by atoms with van der Waals surface area (Å²) in [5, 5.41) is 4.50. The number of nitrogens with two attached hydrogens (primary N) is 1. The van der Waals surface area contributed by atoms with Crippen LogP contribution in [-0.4, -0.2) is 39.6 Å². The molecule has 0 spiro atoms. The Kier molecular flexibility index (Phi) is 7.36. The summed E-state index contributed by atoms with van der Waals surface area (Å²) in [5.74, 6) is -1.53. The number of amides is 3. The summed E-state index contributed by atoms with van der Waals surface area (Å²) in [7, 11) is 1.73. The van der Waals surface area contributed by atoms with E-state index >= 15 is 0 Å². The molecule has 0 unspecified atom stereocenters. The summed E-state index contributed by atoms with van der Waals surface area (Å²) in [5.41, 5.74) is 12.1. The van der Waals surface area contributed by atoms with Crippen molar-refractivity contribution >= 4 is 45.2 Å².